The Balaban J connectivity index is 1.29. The number of H-pyrrole nitrogens is 1. The Kier molecular flexibility index (Phi) is 4.31. The van der Waals surface area contributed by atoms with E-state index < -0.39 is 11.6 Å². The Hall–Kier alpha value is -2.98. The summed E-state index contributed by atoms with van der Waals surface area (Å²) < 4.78 is 27.9. The minimum atomic E-state index is -0.935. The average Bonchev–Trinajstić information content (AvgIpc) is 3.06. The third-order valence-electron chi connectivity index (χ3n) is 6.98. The third-order valence-corrected chi connectivity index (χ3v) is 8.13. The minimum Gasteiger partial charge on any atom is -0.355 e. The van der Waals surface area contributed by atoms with Crippen LogP contribution in [0.25, 0.3) is 22.4 Å². The van der Waals surface area contributed by atoms with Gasteiger partial charge in [-0.1, -0.05) is 6.07 Å². The van der Waals surface area contributed by atoms with Crippen molar-refractivity contribution in [2.75, 3.05) is 24.5 Å². The summed E-state index contributed by atoms with van der Waals surface area (Å²) in [6, 6.07) is 4.03. The summed E-state index contributed by atoms with van der Waals surface area (Å²) in [5, 5.41) is 10.2. The maximum Gasteiger partial charge on any atom is 0.202 e. The van der Waals surface area contributed by atoms with E-state index in [9.17, 15) is 8.78 Å². The van der Waals surface area contributed by atoms with E-state index >= 15 is 0 Å². The molecule has 0 spiro atoms. The van der Waals surface area contributed by atoms with E-state index in [1.54, 1.807) is 17.5 Å². The number of hydrogen-bond donors (Lipinski definition) is 2. The number of fused-ring (bicyclic) bond motifs is 2. The molecule has 0 radical (unpaired) electrons. The van der Waals surface area contributed by atoms with Gasteiger partial charge < -0.3 is 10.6 Å². The van der Waals surface area contributed by atoms with Crippen molar-refractivity contribution in [3.8, 4) is 11.3 Å². The van der Waals surface area contributed by atoms with Crippen LogP contribution in [0, 0.1) is 30.4 Å². The van der Waals surface area contributed by atoms with Crippen LogP contribution in [0.4, 0.5) is 14.6 Å². The molecule has 6 rings (SSSR count). The number of nitrogens with two attached hydrogens (primary N) is 1. The number of hydrogen-bond acceptors (Lipinski definition) is 7. The first kappa shape index (κ1) is 19.7. The monoisotopic (exact) mass is 453 g/mol. The van der Waals surface area contributed by atoms with Crippen molar-refractivity contribution in [2.45, 2.75) is 18.8 Å². The Morgan fingerprint density at radius 3 is 2.94 bits per heavy atom. The Morgan fingerprint density at radius 1 is 1.28 bits per heavy atom. The minimum absolute atomic E-state index is 0.0420. The van der Waals surface area contributed by atoms with Crippen LogP contribution in [0.15, 0.2) is 29.8 Å². The molecule has 1 saturated carbocycles. The van der Waals surface area contributed by atoms with Gasteiger partial charge in [0.25, 0.3) is 0 Å². The number of aromatic amines is 1. The Morgan fingerprint density at radius 2 is 2.16 bits per heavy atom. The van der Waals surface area contributed by atoms with Gasteiger partial charge in [0.1, 0.15) is 16.3 Å². The lowest BCUT2D eigenvalue weighted by molar-refractivity contribution is 0.511. The van der Waals surface area contributed by atoms with E-state index in [4.69, 9.17) is 10.7 Å². The van der Waals surface area contributed by atoms with Gasteiger partial charge in [0, 0.05) is 41.7 Å². The first-order chi connectivity index (χ1) is 15.5. The van der Waals surface area contributed by atoms with Crippen molar-refractivity contribution < 1.29 is 8.78 Å². The highest BCUT2D eigenvalue weighted by Crippen LogP contribution is 2.63. The molecule has 1 aliphatic carbocycles. The quantitative estimate of drug-likeness (QED) is 0.492. The summed E-state index contributed by atoms with van der Waals surface area (Å²) in [4.78, 5) is 16.1. The molecule has 3 unspecified atom stereocenters. The molecule has 1 saturated heterocycles. The van der Waals surface area contributed by atoms with Crippen molar-refractivity contribution in [3.63, 3.8) is 0 Å². The molecular weight excluding hydrogens is 432 g/mol. The summed E-state index contributed by atoms with van der Waals surface area (Å²) >= 11 is 1.70. The van der Waals surface area contributed by atoms with Crippen LogP contribution in [0.3, 0.4) is 0 Å². The summed E-state index contributed by atoms with van der Waals surface area (Å²) in [7, 11) is 0. The molecule has 3 aromatic heterocycles. The number of aryl methyl sites for hydroxylation is 1. The summed E-state index contributed by atoms with van der Waals surface area (Å²) in [6.07, 6.45) is 2.69. The van der Waals surface area contributed by atoms with Crippen LogP contribution in [0.1, 0.15) is 17.1 Å². The highest BCUT2D eigenvalue weighted by molar-refractivity contribution is 7.09. The van der Waals surface area contributed by atoms with Crippen LogP contribution in [0.2, 0.25) is 0 Å². The van der Waals surface area contributed by atoms with Crippen LogP contribution >= 0.6 is 11.3 Å². The predicted octanol–water partition coefficient (Wildman–Crippen LogP) is 3.42. The predicted molar refractivity (Wildman–Crippen MR) is 118 cm³/mol. The number of halogens is 2. The molecule has 2 fully saturated rings. The van der Waals surface area contributed by atoms with Crippen LogP contribution < -0.4 is 10.6 Å². The largest absolute Gasteiger partial charge is 0.355 e. The second kappa shape index (κ2) is 7.01. The third kappa shape index (κ3) is 2.72. The molecule has 3 N–H and O–H groups in total. The maximum atomic E-state index is 14.3. The van der Waals surface area contributed by atoms with Gasteiger partial charge in [-0.2, -0.15) is 5.10 Å². The zero-order valence-corrected chi connectivity index (χ0v) is 18.2. The topological polar surface area (TPSA) is 96.6 Å². The zero-order chi connectivity index (χ0) is 22.0. The molecular formula is C22H21F2N7S. The smallest absolute Gasteiger partial charge is 0.202 e. The van der Waals surface area contributed by atoms with E-state index in [-0.39, 0.29) is 11.0 Å². The highest BCUT2D eigenvalue weighted by Gasteiger charge is 2.67. The number of aromatic nitrogens is 5. The number of anilines is 1. The number of nitrogens with zero attached hydrogens (tertiary/aromatic N) is 5. The molecule has 2 aliphatic rings. The van der Waals surface area contributed by atoms with Gasteiger partial charge in [-0.15, -0.1) is 11.3 Å². The van der Waals surface area contributed by atoms with Crippen LogP contribution in [-0.4, -0.2) is 44.8 Å². The zero-order valence-electron chi connectivity index (χ0n) is 17.3. The van der Waals surface area contributed by atoms with E-state index in [2.05, 4.69) is 30.4 Å². The molecule has 0 amide bonds. The number of rotatable bonds is 4. The average molecular weight is 454 g/mol. The fourth-order valence-corrected chi connectivity index (χ4v) is 6.42. The van der Waals surface area contributed by atoms with Gasteiger partial charge in [-0.25, -0.2) is 23.7 Å². The van der Waals surface area contributed by atoms with Crippen molar-refractivity contribution in [2.24, 2.45) is 17.6 Å². The molecule has 164 valence electrons. The second-order valence-electron chi connectivity index (χ2n) is 8.59. The fourth-order valence-electron chi connectivity index (χ4n) is 5.28. The Bertz CT molecular complexity index is 1340. The number of nitrogens with one attached hydrogen (secondary N) is 1. The van der Waals surface area contributed by atoms with E-state index in [0.29, 0.717) is 35.2 Å². The lowest BCUT2D eigenvalue weighted by Gasteiger charge is -2.26. The molecule has 10 heteroatoms. The standard InChI is InChI=1S/C22H21F2N7S/c1-11-9-32-21(27-11)22(10-25)13-5-6-31(8-14(13)22)16-7-26-19-18(29-30-20(19)28-16)12-3-2-4-15(23)17(12)24/h2-4,7,9,13-14H,5-6,8,10,25H2,1H3,(H,28,29,30). The molecule has 3 atom stereocenters. The van der Waals surface area contributed by atoms with Gasteiger partial charge in [-0.05, 0) is 37.3 Å². The maximum absolute atomic E-state index is 14.3. The van der Waals surface area contributed by atoms with E-state index in [1.165, 1.54) is 12.1 Å². The number of piperidine rings is 1. The second-order valence-corrected chi connectivity index (χ2v) is 9.44. The first-order valence-electron chi connectivity index (χ1n) is 10.6. The van der Waals surface area contributed by atoms with Crippen LogP contribution in [-0.2, 0) is 5.41 Å². The molecule has 1 aliphatic heterocycles. The highest BCUT2D eigenvalue weighted by atomic mass is 32.1. The van der Waals surface area contributed by atoms with Gasteiger partial charge in [-0.3, -0.25) is 5.10 Å². The molecule has 7 nitrogen and oxygen atoms in total. The molecule has 32 heavy (non-hydrogen) atoms. The molecule has 0 bridgehead atoms. The SMILES string of the molecule is Cc1csc(C2(CN)C3CCN(c4cnc5c(-c6cccc(F)c6F)[nH]nc5n4)CC32)n1. The fraction of sp³-hybridized carbons (Fsp3) is 0.364. The number of benzene rings is 1. The number of thiazole rings is 1. The van der Waals surface area contributed by atoms with Crippen LogP contribution in [0.5, 0.6) is 0 Å². The molecule has 4 aromatic rings. The van der Waals surface area contributed by atoms with E-state index in [1.807, 2.05) is 6.92 Å². The van der Waals surface area contributed by atoms with Crippen molar-refractivity contribution >= 4 is 28.3 Å². The Labute approximate surface area is 186 Å². The first-order valence-corrected chi connectivity index (χ1v) is 11.4. The summed E-state index contributed by atoms with van der Waals surface area (Å²) in [5.74, 6) is -0.155. The van der Waals surface area contributed by atoms with Gasteiger partial charge in [0.15, 0.2) is 11.6 Å². The van der Waals surface area contributed by atoms with Crippen molar-refractivity contribution in [3.05, 3.63) is 52.1 Å². The summed E-state index contributed by atoms with van der Waals surface area (Å²) in [6.45, 7) is 4.29. The van der Waals surface area contributed by atoms with E-state index in [0.717, 1.165) is 42.1 Å². The molecule has 1 aromatic carbocycles. The molecule has 4 heterocycles. The summed E-state index contributed by atoms with van der Waals surface area (Å²) in [5.41, 5.74) is 8.44. The van der Waals surface area contributed by atoms with Gasteiger partial charge in [0.05, 0.1) is 11.9 Å². The normalized spacial score (nSPS) is 24.7. The lowest BCUT2D eigenvalue weighted by Crippen LogP contribution is -2.32. The van der Waals surface area contributed by atoms with Crippen molar-refractivity contribution in [1.82, 2.24) is 25.1 Å². The van der Waals surface area contributed by atoms with Crippen molar-refractivity contribution in [1.29, 1.82) is 0 Å². The lowest BCUT2D eigenvalue weighted by atomic mass is 10.0. The van der Waals surface area contributed by atoms with Gasteiger partial charge in [0.2, 0.25) is 5.65 Å². The van der Waals surface area contributed by atoms with Gasteiger partial charge >= 0.3 is 0 Å².